The monoisotopic (exact) mass is 249 g/mol. The minimum absolute atomic E-state index is 0.0377. The number of nitrogens with zero attached hydrogens (tertiary/aromatic N) is 2. The highest BCUT2D eigenvalue weighted by Crippen LogP contribution is 2.16. The van der Waals surface area contributed by atoms with E-state index in [0.717, 1.165) is 11.3 Å². The fourth-order valence-corrected chi connectivity index (χ4v) is 1.69. The molecule has 0 saturated carbocycles. The van der Waals surface area contributed by atoms with Crippen molar-refractivity contribution in [2.75, 3.05) is 19.3 Å². The molecule has 0 saturated heterocycles. The number of carbonyl (C=O) groups is 1. The van der Waals surface area contributed by atoms with Gasteiger partial charge in [0.05, 0.1) is 0 Å². The van der Waals surface area contributed by atoms with Gasteiger partial charge in [0.15, 0.2) is 0 Å². The van der Waals surface area contributed by atoms with E-state index in [0.29, 0.717) is 13.1 Å². The summed E-state index contributed by atoms with van der Waals surface area (Å²) in [5, 5.41) is 0. The highest BCUT2D eigenvalue weighted by Gasteiger charge is 2.20. The van der Waals surface area contributed by atoms with Crippen LogP contribution in [0.4, 0.5) is 10.5 Å². The quantitative estimate of drug-likeness (QED) is 0.834. The minimum Gasteiger partial charge on any atom is -0.398 e. The maximum absolute atomic E-state index is 12.2. The van der Waals surface area contributed by atoms with E-state index in [9.17, 15) is 4.79 Å². The average molecular weight is 249 g/mol. The first kappa shape index (κ1) is 14.4. The molecular formula is C14H23N3O. The molecular weight excluding hydrogens is 226 g/mol. The Hall–Kier alpha value is -1.71. The largest absolute Gasteiger partial charge is 0.398 e. The molecule has 0 atom stereocenters. The zero-order chi connectivity index (χ0) is 13.7. The Kier molecular flexibility index (Phi) is 5.01. The first-order chi connectivity index (χ1) is 8.47. The van der Waals surface area contributed by atoms with Crippen LogP contribution in [0, 0.1) is 0 Å². The van der Waals surface area contributed by atoms with Crippen LogP contribution in [-0.2, 0) is 6.54 Å². The Morgan fingerprint density at radius 2 is 1.94 bits per heavy atom. The molecule has 18 heavy (non-hydrogen) atoms. The zero-order valence-corrected chi connectivity index (χ0v) is 11.7. The van der Waals surface area contributed by atoms with Crippen LogP contribution in [0.15, 0.2) is 24.3 Å². The van der Waals surface area contributed by atoms with Crippen LogP contribution in [0.25, 0.3) is 0 Å². The third kappa shape index (κ3) is 3.39. The molecule has 4 heteroatoms. The van der Waals surface area contributed by atoms with Gasteiger partial charge in [-0.2, -0.15) is 0 Å². The van der Waals surface area contributed by atoms with Gasteiger partial charge in [0.25, 0.3) is 0 Å². The van der Waals surface area contributed by atoms with E-state index in [4.69, 9.17) is 5.73 Å². The highest BCUT2D eigenvalue weighted by atomic mass is 16.2. The summed E-state index contributed by atoms with van der Waals surface area (Å²) in [7, 11) is 1.81. The number of amides is 2. The smallest absolute Gasteiger partial charge is 0.320 e. The molecule has 0 bridgehead atoms. The van der Waals surface area contributed by atoms with Crippen molar-refractivity contribution in [2.24, 2.45) is 0 Å². The molecule has 2 N–H and O–H groups in total. The number of nitrogens with two attached hydrogens (primary N) is 1. The van der Waals surface area contributed by atoms with Crippen molar-refractivity contribution in [1.29, 1.82) is 0 Å². The number of hydrogen-bond donors (Lipinski definition) is 1. The van der Waals surface area contributed by atoms with Crippen molar-refractivity contribution in [3.05, 3.63) is 29.8 Å². The molecule has 0 spiro atoms. The van der Waals surface area contributed by atoms with Crippen LogP contribution in [0.3, 0.4) is 0 Å². The summed E-state index contributed by atoms with van der Waals surface area (Å²) in [6.07, 6.45) is 0. The van der Waals surface area contributed by atoms with Crippen molar-refractivity contribution < 1.29 is 4.79 Å². The second kappa shape index (κ2) is 6.28. The maximum atomic E-state index is 12.2. The number of benzene rings is 1. The lowest BCUT2D eigenvalue weighted by atomic mass is 10.1. The van der Waals surface area contributed by atoms with Crippen LogP contribution < -0.4 is 5.73 Å². The number of hydrogen-bond acceptors (Lipinski definition) is 2. The fourth-order valence-electron chi connectivity index (χ4n) is 1.69. The van der Waals surface area contributed by atoms with Crippen molar-refractivity contribution in [1.82, 2.24) is 9.80 Å². The predicted octanol–water partition coefficient (Wildman–Crippen LogP) is 2.55. The number of rotatable bonds is 4. The summed E-state index contributed by atoms with van der Waals surface area (Å²) >= 11 is 0. The van der Waals surface area contributed by atoms with Crippen molar-refractivity contribution >= 4 is 11.7 Å². The number of para-hydroxylation sites is 1. The van der Waals surface area contributed by atoms with E-state index < -0.39 is 0 Å². The predicted molar refractivity (Wildman–Crippen MR) is 75.2 cm³/mol. The number of anilines is 1. The molecule has 0 radical (unpaired) electrons. The minimum atomic E-state index is 0.0377. The molecule has 0 heterocycles. The van der Waals surface area contributed by atoms with E-state index in [1.54, 1.807) is 4.90 Å². The highest BCUT2D eigenvalue weighted by molar-refractivity contribution is 5.74. The molecule has 0 aliphatic heterocycles. The van der Waals surface area contributed by atoms with E-state index in [2.05, 4.69) is 0 Å². The molecule has 4 nitrogen and oxygen atoms in total. The molecule has 0 aliphatic carbocycles. The summed E-state index contributed by atoms with van der Waals surface area (Å²) in [5.74, 6) is 0. The van der Waals surface area contributed by atoms with E-state index >= 15 is 0 Å². The zero-order valence-electron chi connectivity index (χ0n) is 11.7. The molecule has 0 unspecified atom stereocenters. The summed E-state index contributed by atoms with van der Waals surface area (Å²) in [4.78, 5) is 15.8. The molecule has 2 amide bonds. The van der Waals surface area contributed by atoms with Crippen LogP contribution in [0.1, 0.15) is 26.3 Å². The molecule has 1 aromatic carbocycles. The van der Waals surface area contributed by atoms with Crippen molar-refractivity contribution in [2.45, 2.75) is 33.4 Å². The van der Waals surface area contributed by atoms with Crippen LogP contribution in [0.5, 0.6) is 0 Å². The molecule has 0 aromatic heterocycles. The third-order valence-electron chi connectivity index (χ3n) is 3.07. The standard InChI is InChI=1S/C14H23N3O/c1-5-16(4)14(18)17(11(2)3)10-12-8-6-7-9-13(12)15/h6-9,11H,5,10,15H2,1-4H3. The molecule has 100 valence electrons. The summed E-state index contributed by atoms with van der Waals surface area (Å²) in [5.41, 5.74) is 7.65. The first-order valence-corrected chi connectivity index (χ1v) is 6.32. The Bertz CT molecular complexity index is 404. The number of carbonyl (C=O) groups excluding carboxylic acids is 1. The maximum Gasteiger partial charge on any atom is 0.320 e. The fraction of sp³-hybridized carbons (Fsp3) is 0.500. The van der Waals surface area contributed by atoms with Gasteiger partial charge in [-0.05, 0) is 32.4 Å². The SMILES string of the molecule is CCN(C)C(=O)N(Cc1ccccc1N)C(C)C. The second-order valence-corrected chi connectivity index (χ2v) is 4.72. The third-order valence-corrected chi connectivity index (χ3v) is 3.07. The summed E-state index contributed by atoms with van der Waals surface area (Å²) < 4.78 is 0. The van der Waals surface area contributed by atoms with Gasteiger partial charge >= 0.3 is 6.03 Å². The van der Waals surface area contributed by atoms with Gasteiger partial charge in [0, 0.05) is 31.9 Å². The number of nitrogen functional groups attached to an aromatic ring is 1. The van der Waals surface area contributed by atoms with Gasteiger partial charge in [-0.15, -0.1) is 0 Å². The van der Waals surface area contributed by atoms with E-state index in [-0.39, 0.29) is 12.1 Å². The lowest BCUT2D eigenvalue weighted by Crippen LogP contribution is -2.44. The average Bonchev–Trinajstić information content (AvgIpc) is 2.35. The molecule has 1 rings (SSSR count). The van der Waals surface area contributed by atoms with Crippen LogP contribution >= 0.6 is 0 Å². The van der Waals surface area contributed by atoms with Gasteiger partial charge < -0.3 is 15.5 Å². The topological polar surface area (TPSA) is 49.6 Å². The Labute approximate surface area is 109 Å². The van der Waals surface area contributed by atoms with E-state index in [1.165, 1.54) is 0 Å². The number of urea groups is 1. The normalized spacial score (nSPS) is 10.5. The molecule has 1 aromatic rings. The van der Waals surface area contributed by atoms with E-state index in [1.807, 2.05) is 57.0 Å². The summed E-state index contributed by atoms with van der Waals surface area (Å²) in [6, 6.07) is 7.85. The lowest BCUT2D eigenvalue weighted by molar-refractivity contribution is 0.148. The summed E-state index contributed by atoms with van der Waals surface area (Å²) in [6.45, 7) is 7.24. The second-order valence-electron chi connectivity index (χ2n) is 4.72. The Morgan fingerprint density at radius 1 is 1.33 bits per heavy atom. The van der Waals surface area contributed by atoms with Gasteiger partial charge in [-0.1, -0.05) is 18.2 Å². The lowest BCUT2D eigenvalue weighted by Gasteiger charge is -2.31. The van der Waals surface area contributed by atoms with Gasteiger partial charge in [-0.25, -0.2) is 4.79 Å². The molecule has 0 aliphatic rings. The Morgan fingerprint density at radius 3 is 2.44 bits per heavy atom. The van der Waals surface area contributed by atoms with Gasteiger partial charge in [0.2, 0.25) is 0 Å². The van der Waals surface area contributed by atoms with Gasteiger partial charge in [0.1, 0.15) is 0 Å². The first-order valence-electron chi connectivity index (χ1n) is 6.32. The van der Waals surface area contributed by atoms with Crippen LogP contribution in [0.2, 0.25) is 0 Å². The van der Waals surface area contributed by atoms with Crippen molar-refractivity contribution in [3.8, 4) is 0 Å². The molecule has 0 fully saturated rings. The van der Waals surface area contributed by atoms with Gasteiger partial charge in [-0.3, -0.25) is 0 Å². The van der Waals surface area contributed by atoms with Crippen molar-refractivity contribution in [3.63, 3.8) is 0 Å². The van der Waals surface area contributed by atoms with Crippen LogP contribution in [-0.4, -0.2) is 35.5 Å². The Balaban J connectivity index is 2.88.